The third kappa shape index (κ3) is 2.17. The average Bonchev–Trinajstić information content (AvgIpc) is 3.06. The third-order valence-corrected chi connectivity index (χ3v) is 4.34. The van der Waals surface area contributed by atoms with E-state index in [0.29, 0.717) is 5.56 Å². The molecule has 114 valence electrons. The van der Waals surface area contributed by atoms with E-state index in [-0.39, 0.29) is 0 Å². The number of hydrogen-bond donors (Lipinski definition) is 0. The molecule has 4 rings (SSSR count). The summed E-state index contributed by atoms with van der Waals surface area (Å²) in [7, 11) is 0. The van der Waals surface area contributed by atoms with Crippen molar-refractivity contribution in [2.75, 3.05) is 0 Å². The molecule has 3 nitrogen and oxygen atoms in total. The SMILES string of the molecule is Cc1ccncc1-n1ccc2c(-c3ccccc3C#N)cccc21. The van der Waals surface area contributed by atoms with Crippen molar-refractivity contribution in [2.45, 2.75) is 6.92 Å². The second kappa shape index (κ2) is 5.68. The molecule has 0 atom stereocenters. The molecule has 2 aromatic carbocycles. The highest BCUT2D eigenvalue weighted by Crippen LogP contribution is 2.32. The monoisotopic (exact) mass is 309 g/mol. The van der Waals surface area contributed by atoms with Crippen LogP contribution in [0, 0.1) is 18.3 Å². The summed E-state index contributed by atoms with van der Waals surface area (Å²) < 4.78 is 2.15. The zero-order chi connectivity index (χ0) is 16.5. The lowest BCUT2D eigenvalue weighted by Crippen LogP contribution is -1.96. The van der Waals surface area contributed by atoms with Gasteiger partial charge >= 0.3 is 0 Å². The van der Waals surface area contributed by atoms with Crippen LogP contribution in [-0.2, 0) is 0 Å². The van der Waals surface area contributed by atoms with Gasteiger partial charge in [0.15, 0.2) is 0 Å². The van der Waals surface area contributed by atoms with Crippen molar-refractivity contribution < 1.29 is 0 Å². The van der Waals surface area contributed by atoms with Crippen LogP contribution in [0.4, 0.5) is 0 Å². The number of benzene rings is 2. The lowest BCUT2D eigenvalue weighted by molar-refractivity contribution is 1.07. The Morgan fingerprint density at radius 2 is 1.79 bits per heavy atom. The van der Waals surface area contributed by atoms with Crippen LogP contribution < -0.4 is 0 Å². The maximum Gasteiger partial charge on any atom is 0.0998 e. The van der Waals surface area contributed by atoms with Crippen molar-refractivity contribution in [1.82, 2.24) is 9.55 Å². The van der Waals surface area contributed by atoms with Crippen LogP contribution in [0.5, 0.6) is 0 Å². The Bertz CT molecular complexity index is 1080. The molecule has 0 aliphatic carbocycles. The second-order valence-electron chi connectivity index (χ2n) is 5.74. The van der Waals surface area contributed by atoms with Crippen LogP contribution in [0.25, 0.3) is 27.7 Å². The highest BCUT2D eigenvalue weighted by atomic mass is 15.0. The van der Waals surface area contributed by atoms with E-state index in [1.54, 1.807) is 6.20 Å². The number of pyridine rings is 1. The van der Waals surface area contributed by atoms with Gasteiger partial charge in [0.25, 0.3) is 0 Å². The number of nitriles is 1. The molecular weight excluding hydrogens is 294 g/mol. The van der Waals surface area contributed by atoms with E-state index in [4.69, 9.17) is 0 Å². The van der Waals surface area contributed by atoms with Gasteiger partial charge in [-0.3, -0.25) is 4.98 Å². The fourth-order valence-electron chi connectivity index (χ4n) is 3.14. The molecule has 0 saturated carbocycles. The van der Waals surface area contributed by atoms with E-state index in [2.05, 4.69) is 46.9 Å². The van der Waals surface area contributed by atoms with Crippen molar-refractivity contribution >= 4 is 10.9 Å². The molecule has 3 heteroatoms. The Balaban J connectivity index is 1.99. The van der Waals surface area contributed by atoms with Crippen molar-refractivity contribution in [3.8, 4) is 22.9 Å². The van der Waals surface area contributed by atoms with Crippen LogP contribution in [-0.4, -0.2) is 9.55 Å². The number of hydrogen-bond acceptors (Lipinski definition) is 2. The number of rotatable bonds is 2. The lowest BCUT2D eigenvalue weighted by atomic mass is 9.97. The first-order chi connectivity index (χ1) is 11.8. The van der Waals surface area contributed by atoms with Gasteiger partial charge in [-0.15, -0.1) is 0 Å². The van der Waals surface area contributed by atoms with Crippen LogP contribution in [0.1, 0.15) is 11.1 Å². The molecule has 0 aliphatic heterocycles. The highest BCUT2D eigenvalue weighted by molar-refractivity contribution is 5.97. The van der Waals surface area contributed by atoms with Gasteiger partial charge < -0.3 is 4.57 Å². The smallest absolute Gasteiger partial charge is 0.0998 e. The molecule has 24 heavy (non-hydrogen) atoms. The Morgan fingerprint density at radius 3 is 2.62 bits per heavy atom. The number of fused-ring (bicyclic) bond motifs is 1. The van der Waals surface area contributed by atoms with Gasteiger partial charge in [-0.2, -0.15) is 5.26 Å². The summed E-state index contributed by atoms with van der Waals surface area (Å²) in [5.74, 6) is 0. The fourth-order valence-corrected chi connectivity index (χ4v) is 3.14. The first-order valence-electron chi connectivity index (χ1n) is 7.80. The molecule has 4 aromatic rings. The van der Waals surface area contributed by atoms with Crippen molar-refractivity contribution in [3.63, 3.8) is 0 Å². The van der Waals surface area contributed by atoms with Gasteiger partial charge in [0.05, 0.1) is 29.0 Å². The summed E-state index contributed by atoms with van der Waals surface area (Å²) in [4.78, 5) is 4.25. The fraction of sp³-hybridized carbons (Fsp3) is 0.0476. The Hall–Kier alpha value is -3.38. The molecule has 0 unspecified atom stereocenters. The van der Waals surface area contributed by atoms with E-state index in [9.17, 15) is 5.26 Å². The standard InChI is InChI=1S/C21H15N3/c1-15-9-11-23-14-21(15)24-12-10-19-18(7-4-8-20(19)24)17-6-3-2-5-16(17)13-22/h2-12,14H,1H3. The molecule has 0 N–H and O–H groups in total. The number of aryl methyl sites for hydroxylation is 1. The van der Waals surface area contributed by atoms with Crippen LogP contribution in [0.2, 0.25) is 0 Å². The van der Waals surface area contributed by atoms with Gasteiger partial charge in [-0.05, 0) is 42.3 Å². The zero-order valence-corrected chi connectivity index (χ0v) is 13.3. The summed E-state index contributed by atoms with van der Waals surface area (Å²) in [5, 5.41) is 10.5. The zero-order valence-electron chi connectivity index (χ0n) is 13.3. The predicted molar refractivity (Wildman–Crippen MR) is 96.0 cm³/mol. The summed E-state index contributed by atoms with van der Waals surface area (Å²) in [6.07, 6.45) is 5.75. The minimum absolute atomic E-state index is 0.690. The van der Waals surface area contributed by atoms with Gasteiger partial charge in [0.2, 0.25) is 0 Å². The summed E-state index contributed by atoms with van der Waals surface area (Å²) in [6, 6.07) is 20.3. The molecule has 0 fully saturated rings. The Labute approximate surface area is 140 Å². The van der Waals surface area contributed by atoms with Crippen LogP contribution in [0.3, 0.4) is 0 Å². The van der Waals surface area contributed by atoms with E-state index in [1.807, 2.05) is 42.6 Å². The minimum Gasteiger partial charge on any atom is -0.315 e. The molecule has 0 aliphatic rings. The van der Waals surface area contributed by atoms with Gasteiger partial charge in [0.1, 0.15) is 0 Å². The van der Waals surface area contributed by atoms with Gasteiger partial charge in [0, 0.05) is 23.3 Å². The molecule has 2 aromatic heterocycles. The first kappa shape index (κ1) is 14.2. The van der Waals surface area contributed by atoms with Crippen LogP contribution in [0.15, 0.2) is 73.2 Å². The Morgan fingerprint density at radius 1 is 0.958 bits per heavy atom. The molecule has 0 spiro atoms. The summed E-state index contributed by atoms with van der Waals surface area (Å²) in [5.41, 5.74) is 6.08. The van der Waals surface area contributed by atoms with Crippen molar-refractivity contribution in [2.24, 2.45) is 0 Å². The predicted octanol–water partition coefficient (Wildman–Crippen LogP) is 4.87. The largest absolute Gasteiger partial charge is 0.315 e. The normalized spacial score (nSPS) is 10.7. The van der Waals surface area contributed by atoms with E-state index in [1.165, 1.54) is 5.56 Å². The van der Waals surface area contributed by atoms with Crippen molar-refractivity contribution in [1.29, 1.82) is 5.26 Å². The van der Waals surface area contributed by atoms with E-state index >= 15 is 0 Å². The van der Waals surface area contributed by atoms with E-state index < -0.39 is 0 Å². The topological polar surface area (TPSA) is 41.6 Å². The van der Waals surface area contributed by atoms with Gasteiger partial charge in [-0.1, -0.05) is 30.3 Å². The summed E-state index contributed by atoms with van der Waals surface area (Å²) >= 11 is 0. The lowest BCUT2D eigenvalue weighted by Gasteiger charge is -2.10. The number of nitrogens with zero attached hydrogens (tertiary/aromatic N) is 3. The first-order valence-corrected chi connectivity index (χ1v) is 7.80. The maximum atomic E-state index is 9.41. The third-order valence-electron chi connectivity index (χ3n) is 4.34. The van der Waals surface area contributed by atoms with Gasteiger partial charge in [-0.25, -0.2) is 0 Å². The highest BCUT2D eigenvalue weighted by Gasteiger charge is 2.12. The molecule has 0 amide bonds. The minimum atomic E-state index is 0.690. The summed E-state index contributed by atoms with van der Waals surface area (Å²) in [6.45, 7) is 2.08. The van der Waals surface area contributed by atoms with Crippen LogP contribution >= 0.6 is 0 Å². The molecule has 0 radical (unpaired) electrons. The number of aromatic nitrogens is 2. The van der Waals surface area contributed by atoms with Crippen molar-refractivity contribution in [3.05, 3.63) is 84.3 Å². The molecule has 0 saturated heterocycles. The van der Waals surface area contributed by atoms with E-state index in [0.717, 1.165) is 27.7 Å². The quantitative estimate of drug-likeness (QED) is 0.530. The Kier molecular flexibility index (Phi) is 3.36. The second-order valence-corrected chi connectivity index (χ2v) is 5.74. The average molecular weight is 309 g/mol. The molecular formula is C21H15N3. The maximum absolute atomic E-state index is 9.41. The molecule has 0 bridgehead atoms. The molecule has 2 heterocycles.